The molecular weight excluding hydrogens is 322 g/mol. The molecule has 2 aromatic rings. The van der Waals surface area contributed by atoms with Crippen molar-refractivity contribution in [2.45, 2.75) is 6.92 Å². The fraction of sp³-hybridized carbons (Fsp3) is 0.133. The first-order valence-electron chi connectivity index (χ1n) is 5.97. The van der Waals surface area contributed by atoms with E-state index in [9.17, 15) is 4.79 Å². The molecule has 0 spiro atoms. The van der Waals surface area contributed by atoms with Gasteiger partial charge in [-0.2, -0.15) is 0 Å². The Hall–Kier alpha value is -2.01. The number of aryl methyl sites for hydroxylation is 1. The molecule has 0 saturated heterocycles. The number of amides is 1. The van der Waals surface area contributed by atoms with Gasteiger partial charge in [-0.05, 0) is 58.8 Å². The number of hydrogen-bond acceptors (Lipinski definition) is 3. The average molecular weight is 336 g/mol. The summed E-state index contributed by atoms with van der Waals surface area (Å²) >= 11 is 3.20. The first-order valence-corrected chi connectivity index (χ1v) is 6.77. The summed E-state index contributed by atoms with van der Waals surface area (Å²) in [5.41, 5.74) is 1.68. The van der Waals surface area contributed by atoms with Crippen LogP contribution in [0.5, 0.6) is 5.75 Å². The van der Waals surface area contributed by atoms with Crippen molar-refractivity contribution in [3.8, 4) is 5.75 Å². The molecule has 0 atom stereocenters. The van der Waals surface area contributed by atoms with Gasteiger partial charge in [0.1, 0.15) is 11.5 Å². The van der Waals surface area contributed by atoms with E-state index in [4.69, 9.17) is 9.15 Å². The summed E-state index contributed by atoms with van der Waals surface area (Å²) in [5, 5.41) is 2.78. The number of benzene rings is 1. The zero-order valence-electron chi connectivity index (χ0n) is 11.1. The van der Waals surface area contributed by atoms with Crippen LogP contribution in [0.2, 0.25) is 0 Å². The lowest BCUT2D eigenvalue weighted by atomic mass is 10.2. The quantitative estimate of drug-likeness (QED) is 0.859. The molecule has 1 aromatic heterocycles. The lowest BCUT2D eigenvalue weighted by molar-refractivity contribution is -0.111. The first kappa shape index (κ1) is 14.4. The summed E-state index contributed by atoms with van der Waals surface area (Å²) in [6.45, 7) is 1.95. The van der Waals surface area contributed by atoms with Gasteiger partial charge in [-0.1, -0.05) is 6.07 Å². The van der Waals surface area contributed by atoms with Gasteiger partial charge in [0.25, 0.3) is 0 Å². The number of carbonyl (C=O) groups is 1. The molecule has 1 heterocycles. The predicted octanol–water partition coefficient (Wildman–Crippen LogP) is 4.01. The SMILES string of the molecule is COc1ccc(C)cc1NC(=O)C=Cc1ccc(Br)o1. The Bertz CT molecular complexity index is 646. The second-order valence-corrected chi connectivity index (χ2v) is 4.95. The van der Waals surface area contributed by atoms with E-state index in [0.717, 1.165) is 5.56 Å². The van der Waals surface area contributed by atoms with Crippen LogP contribution in [-0.4, -0.2) is 13.0 Å². The molecule has 0 radical (unpaired) electrons. The second-order valence-electron chi connectivity index (χ2n) is 4.17. The summed E-state index contributed by atoms with van der Waals surface area (Å²) in [6, 6.07) is 9.12. The number of methoxy groups -OCH3 is 1. The van der Waals surface area contributed by atoms with Gasteiger partial charge >= 0.3 is 0 Å². The van der Waals surface area contributed by atoms with E-state index in [1.165, 1.54) is 6.08 Å². The molecule has 20 heavy (non-hydrogen) atoms. The van der Waals surface area contributed by atoms with E-state index < -0.39 is 0 Å². The molecular formula is C15H14BrNO3. The van der Waals surface area contributed by atoms with Crippen molar-refractivity contribution in [2.75, 3.05) is 12.4 Å². The summed E-state index contributed by atoms with van der Waals surface area (Å²) in [7, 11) is 1.57. The molecule has 2 rings (SSSR count). The first-order chi connectivity index (χ1) is 9.58. The van der Waals surface area contributed by atoms with Gasteiger partial charge in [0.15, 0.2) is 4.67 Å². The third-order valence-electron chi connectivity index (χ3n) is 2.61. The average Bonchev–Trinajstić information content (AvgIpc) is 2.83. The summed E-state index contributed by atoms with van der Waals surface area (Å²) in [4.78, 5) is 11.9. The van der Waals surface area contributed by atoms with Gasteiger partial charge in [0.05, 0.1) is 12.8 Å². The van der Waals surface area contributed by atoms with Gasteiger partial charge in [-0.3, -0.25) is 4.79 Å². The lowest BCUT2D eigenvalue weighted by Crippen LogP contribution is -2.09. The number of nitrogens with one attached hydrogen (secondary N) is 1. The zero-order valence-corrected chi connectivity index (χ0v) is 12.7. The van der Waals surface area contributed by atoms with Crippen molar-refractivity contribution in [1.29, 1.82) is 0 Å². The number of carbonyl (C=O) groups excluding carboxylic acids is 1. The minimum absolute atomic E-state index is 0.249. The minimum Gasteiger partial charge on any atom is -0.495 e. The number of rotatable bonds is 4. The third kappa shape index (κ3) is 3.74. The topological polar surface area (TPSA) is 51.5 Å². The molecule has 0 saturated carbocycles. The van der Waals surface area contributed by atoms with Crippen molar-refractivity contribution in [3.05, 3.63) is 52.4 Å². The molecule has 1 aromatic carbocycles. The van der Waals surface area contributed by atoms with Crippen LogP contribution in [0.4, 0.5) is 5.69 Å². The Kier molecular flexibility index (Phi) is 4.63. The fourth-order valence-electron chi connectivity index (χ4n) is 1.67. The van der Waals surface area contributed by atoms with Crippen molar-refractivity contribution in [1.82, 2.24) is 0 Å². The normalized spacial score (nSPS) is 10.8. The maximum atomic E-state index is 11.9. The van der Waals surface area contributed by atoms with E-state index in [-0.39, 0.29) is 5.91 Å². The van der Waals surface area contributed by atoms with E-state index in [1.54, 1.807) is 25.3 Å². The van der Waals surface area contributed by atoms with E-state index in [1.807, 2.05) is 25.1 Å². The number of ether oxygens (including phenoxy) is 1. The molecule has 104 valence electrons. The van der Waals surface area contributed by atoms with Crippen molar-refractivity contribution < 1.29 is 13.9 Å². The zero-order chi connectivity index (χ0) is 14.5. The largest absolute Gasteiger partial charge is 0.495 e. The molecule has 4 nitrogen and oxygen atoms in total. The molecule has 0 aliphatic carbocycles. The number of halogens is 1. The van der Waals surface area contributed by atoms with Gasteiger partial charge < -0.3 is 14.5 Å². The lowest BCUT2D eigenvalue weighted by Gasteiger charge is -2.09. The Morgan fingerprint density at radius 1 is 1.35 bits per heavy atom. The van der Waals surface area contributed by atoms with Crippen LogP contribution in [0.3, 0.4) is 0 Å². The van der Waals surface area contributed by atoms with Crippen LogP contribution in [0.25, 0.3) is 6.08 Å². The van der Waals surface area contributed by atoms with E-state index in [2.05, 4.69) is 21.2 Å². The smallest absolute Gasteiger partial charge is 0.248 e. The highest BCUT2D eigenvalue weighted by atomic mass is 79.9. The van der Waals surface area contributed by atoms with Crippen molar-refractivity contribution >= 4 is 33.6 Å². The molecule has 5 heteroatoms. The molecule has 1 amide bonds. The minimum atomic E-state index is -0.249. The molecule has 0 bridgehead atoms. The predicted molar refractivity (Wildman–Crippen MR) is 81.8 cm³/mol. The van der Waals surface area contributed by atoms with E-state index in [0.29, 0.717) is 21.9 Å². The van der Waals surface area contributed by atoms with Crippen LogP contribution < -0.4 is 10.1 Å². The second kappa shape index (κ2) is 6.43. The van der Waals surface area contributed by atoms with Crippen LogP contribution in [0.15, 0.2) is 45.5 Å². The maximum Gasteiger partial charge on any atom is 0.248 e. The number of hydrogen-bond donors (Lipinski definition) is 1. The highest BCUT2D eigenvalue weighted by molar-refractivity contribution is 9.10. The van der Waals surface area contributed by atoms with Gasteiger partial charge in [0, 0.05) is 6.08 Å². The Morgan fingerprint density at radius 3 is 2.80 bits per heavy atom. The summed E-state index contributed by atoms with van der Waals surface area (Å²) in [5.74, 6) is 0.975. The molecule has 1 N–H and O–H groups in total. The van der Waals surface area contributed by atoms with Crippen molar-refractivity contribution in [3.63, 3.8) is 0 Å². The summed E-state index contributed by atoms with van der Waals surface area (Å²) in [6.07, 6.45) is 3.01. The highest BCUT2D eigenvalue weighted by Gasteiger charge is 2.05. The fourth-order valence-corrected chi connectivity index (χ4v) is 1.99. The standard InChI is InChI=1S/C15H14BrNO3/c1-10-3-6-13(19-2)12(9-10)17-15(18)8-5-11-4-7-14(16)20-11/h3-9H,1-2H3,(H,17,18). The van der Waals surface area contributed by atoms with Crippen LogP contribution >= 0.6 is 15.9 Å². The Balaban J connectivity index is 2.08. The Morgan fingerprint density at radius 2 is 2.15 bits per heavy atom. The van der Waals surface area contributed by atoms with Crippen molar-refractivity contribution in [2.24, 2.45) is 0 Å². The van der Waals surface area contributed by atoms with Crippen LogP contribution in [0, 0.1) is 6.92 Å². The maximum absolute atomic E-state index is 11.9. The highest BCUT2D eigenvalue weighted by Crippen LogP contribution is 2.25. The Labute approximate surface area is 125 Å². The monoisotopic (exact) mass is 335 g/mol. The van der Waals surface area contributed by atoms with Gasteiger partial charge in [-0.15, -0.1) is 0 Å². The summed E-state index contributed by atoms with van der Waals surface area (Å²) < 4.78 is 11.1. The molecule has 0 aliphatic heterocycles. The van der Waals surface area contributed by atoms with Gasteiger partial charge in [-0.25, -0.2) is 0 Å². The van der Waals surface area contributed by atoms with Crippen LogP contribution in [0.1, 0.15) is 11.3 Å². The number of anilines is 1. The van der Waals surface area contributed by atoms with Crippen LogP contribution in [-0.2, 0) is 4.79 Å². The molecule has 0 fully saturated rings. The van der Waals surface area contributed by atoms with E-state index >= 15 is 0 Å². The number of furan rings is 1. The molecule has 0 aliphatic rings. The third-order valence-corrected chi connectivity index (χ3v) is 3.03. The van der Waals surface area contributed by atoms with Gasteiger partial charge in [0.2, 0.25) is 5.91 Å². The molecule has 0 unspecified atom stereocenters.